The highest BCUT2D eigenvalue weighted by molar-refractivity contribution is 7.23. The second-order valence-corrected chi connectivity index (χ2v) is 25.8. The molecule has 1 amide bonds. The molecule has 12 rings (SSSR count). The number of hydrogen-bond donors (Lipinski definition) is 3. The number of nitrogens with two attached hydrogens (primary N) is 1. The second-order valence-electron chi connectivity index (χ2n) is 24.3. The van der Waals surface area contributed by atoms with Crippen LogP contribution in [0.5, 0.6) is 11.8 Å². The van der Waals surface area contributed by atoms with E-state index in [9.17, 15) is 24.3 Å². The van der Waals surface area contributed by atoms with E-state index in [0.717, 1.165) is 53.7 Å². The fourth-order valence-corrected chi connectivity index (χ4v) is 15.0. The Kier molecular flexibility index (Phi) is 15.1. The molecular weight excluding hydrogens is 1130 g/mol. The molecule has 2 unspecified atom stereocenters. The summed E-state index contributed by atoms with van der Waals surface area (Å²) in [5, 5.41) is 26.3. The van der Waals surface area contributed by atoms with E-state index in [2.05, 4.69) is 42.0 Å². The number of carbonyl (C=O) groups excluding carboxylic acids is 2. The Morgan fingerprint density at radius 3 is 2.61 bits per heavy atom. The number of cyclic esters (lactones) is 1. The molecule has 446 valence electrons. The molecular formula is C63H68ClF3N10O7S. The van der Waals surface area contributed by atoms with Crippen LogP contribution in [0.4, 0.5) is 24.0 Å². The van der Waals surface area contributed by atoms with Crippen LogP contribution < -0.4 is 31.0 Å². The summed E-state index contributed by atoms with van der Waals surface area (Å²) in [4.78, 5) is 62.8. The number of esters is 1. The maximum Gasteiger partial charge on any atom is 0.343 e. The molecule has 4 N–H and O–H groups in total. The smallest absolute Gasteiger partial charge is 0.343 e. The third-order valence-corrected chi connectivity index (χ3v) is 20.3. The summed E-state index contributed by atoms with van der Waals surface area (Å²) in [6.07, 6.45) is 3.01. The number of alkyl halides is 1. The summed E-state index contributed by atoms with van der Waals surface area (Å²) in [5.41, 5.74) is 7.23. The van der Waals surface area contributed by atoms with Crippen molar-refractivity contribution in [2.45, 2.75) is 129 Å². The highest BCUT2D eigenvalue weighted by Crippen LogP contribution is 2.48. The first-order valence-electron chi connectivity index (χ1n) is 29.2. The predicted molar refractivity (Wildman–Crippen MR) is 321 cm³/mol. The van der Waals surface area contributed by atoms with E-state index in [1.54, 1.807) is 23.6 Å². The molecule has 22 heteroatoms. The molecule has 0 aliphatic carbocycles. The van der Waals surface area contributed by atoms with Gasteiger partial charge in [-0.2, -0.15) is 15.2 Å². The van der Waals surface area contributed by atoms with Gasteiger partial charge < -0.3 is 44.7 Å². The third-order valence-electron chi connectivity index (χ3n) is 18.9. The zero-order chi connectivity index (χ0) is 60.2. The van der Waals surface area contributed by atoms with Crippen molar-refractivity contribution in [3.8, 4) is 40.3 Å². The number of nitriles is 1. The Bertz CT molecular complexity index is 4020. The minimum absolute atomic E-state index is 0.00395. The minimum atomic E-state index is -1.95. The fraction of sp³-hybridized carbons (Fsp3) is 0.476. The summed E-state index contributed by atoms with van der Waals surface area (Å²) >= 11 is 7.98. The van der Waals surface area contributed by atoms with Crippen molar-refractivity contribution < 1.29 is 42.1 Å². The number of aromatic nitrogens is 4. The van der Waals surface area contributed by atoms with Gasteiger partial charge in [-0.05, 0) is 126 Å². The number of nitrogen functional groups attached to an aromatic ring is 1. The molecule has 9 heterocycles. The number of halogens is 4. The number of carbonyl (C=O) groups is 2. The quantitative estimate of drug-likeness (QED) is 0.0768. The lowest BCUT2D eigenvalue weighted by molar-refractivity contribution is -0.172. The van der Waals surface area contributed by atoms with E-state index in [4.69, 9.17) is 41.5 Å². The number of aliphatic hydroxyl groups is 1. The summed E-state index contributed by atoms with van der Waals surface area (Å²) < 4.78 is 68.1. The number of hydrogen-bond acceptors (Lipinski definition) is 16. The van der Waals surface area contributed by atoms with Crippen LogP contribution in [-0.4, -0.2) is 123 Å². The van der Waals surface area contributed by atoms with Gasteiger partial charge in [0.05, 0.1) is 55.8 Å². The summed E-state index contributed by atoms with van der Waals surface area (Å²) in [6, 6.07) is 13.0. The number of piperazine rings is 1. The molecule has 85 heavy (non-hydrogen) atoms. The average molecular weight is 1200 g/mol. The summed E-state index contributed by atoms with van der Waals surface area (Å²) in [6.45, 7) is 14.0. The molecule has 4 aromatic heterocycles. The van der Waals surface area contributed by atoms with Crippen molar-refractivity contribution in [1.29, 1.82) is 5.26 Å². The zero-order valence-corrected chi connectivity index (χ0v) is 50.2. The van der Waals surface area contributed by atoms with Crippen LogP contribution in [0.3, 0.4) is 0 Å². The van der Waals surface area contributed by atoms with Gasteiger partial charge in [-0.25, -0.2) is 22.9 Å². The van der Waals surface area contributed by atoms with Crippen LogP contribution in [0.15, 0.2) is 47.3 Å². The zero-order valence-electron chi connectivity index (χ0n) is 48.6. The van der Waals surface area contributed by atoms with Crippen LogP contribution in [-0.2, 0) is 39.5 Å². The molecule has 0 bridgehead atoms. The van der Waals surface area contributed by atoms with Gasteiger partial charge in [0, 0.05) is 77.0 Å². The predicted octanol–water partition coefficient (Wildman–Crippen LogP) is 9.95. The lowest BCUT2D eigenvalue weighted by Crippen LogP contribution is -2.56. The van der Waals surface area contributed by atoms with Gasteiger partial charge in [0.15, 0.2) is 11.4 Å². The highest BCUT2D eigenvalue weighted by Gasteiger charge is 2.50. The van der Waals surface area contributed by atoms with E-state index < -0.39 is 40.8 Å². The molecule has 17 nitrogen and oxygen atoms in total. The second kappa shape index (κ2) is 22.0. The van der Waals surface area contributed by atoms with E-state index >= 15 is 13.6 Å². The van der Waals surface area contributed by atoms with Crippen LogP contribution in [0.25, 0.3) is 54.4 Å². The fourth-order valence-electron chi connectivity index (χ4n) is 13.8. The number of fused-ring (bicyclic) bond motifs is 8. The van der Waals surface area contributed by atoms with Gasteiger partial charge in [-0.15, -0.1) is 11.3 Å². The monoisotopic (exact) mass is 1200 g/mol. The number of nitrogens with zero attached hydrogens (tertiary/aromatic N) is 8. The number of rotatable bonds is 16. The molecule has 3 saturated heterocycles. The number of anilines is 2. The summed E-state index contributed by atoms with van der Waals surface area (Å²) in [7, 11) is 1.92. The standard InChI is InChI=1S/C63H68ClF3N10O7S/c1-8-36-38-21-35(11-14-47(38)71-52-41(36)28-77-48(52)23-44-43(58(77)79)30-83-59(80)63(44,81)9-2)82-29-42(32(3)15-17-61(5,6)70-7)57(78)74-19-20-76(33(4)26-74)56-39-22-45(64)50(37-12-13-46(66)54-49(37)40(25-68)55(69)85-54)51(67)53(39)72-60(73-56)84-31-62-16-10-18-75(62)27-34(65)24-62/h11-14,21-23,32-34,42,70,81H,8-10,15-20,24,26-31,69H2,1-7H3/t32?,33-,34+,42?,62-,63-/m0/s1. The van der Waals surface area contributed by atoms with Crippen molar-refractivity contribution in [2.75, 3.05) is 63.6 Å². The Labute approximate surface area is 498 Å². The number of benzene rings is 3. The van der Waals surface area contributed by atoms with Gasteiger partial charge >= 0.3 is 12.0 Å². The van der Waals surface area contributed by atoms with Gasteiger partial charge in [0.25, 0.3) is 5.56 Å². The molecule has 0 saturated carbocycles. The lowest BCUT2D eigenvalue weighted by Gasteiger charge is -2.42. The number of pyridine rings is 2. The Balaban J connectivity index is 0.846. The normalized spacial score (nSPS) is 21.9. The number of aryl methyl sites for hydroxylation is 1. The highest BCUT2D eigenvalue weighted by atomic mass is 35.5. The van der Waals surface area contributed by atoms with Crippen molar-refractivity contribution in [1.82, 2.24) is 34.6 Å². The molecule has 0 spiro atoms. The maximum absolute atomic E-state index is 17.7. The molecule has 3 aromatic carbocycles. The lowest BCUT2D eigenvalue weighted by atomic mass is 9.85. The van der Waals surface area contributed by atoms with Gasteiger partial charge in [-0.1, -0.05) is 38.4 Å². The number of amides is 1. The van der Waals surface area contributed by atoms with E-state index in [1.165, 1.54) is 12.1 Å². The number of nitrogens with one attached hydrogen (secondary N) is 1. The van der Waals surface area contributed by atoms with Crippen molar-refractivity contribution in [2.24, 2.45) is 11.8 Å². The van der Waals surface area contributed by atoms with Gasteiger partial charge in [0.2, 0.25) is 5.91 Å². The van der Waals surface area contributed by atoms with E-state index in [-0.39, 0.29) is 153 Å². The average Bonchev–Trinajstić information content (AvgIpc) is 1.80. The van der Waals surface area contributed by atoms with Gasteiger partial charge in [0.1, 0.15) is 60.0 Å². The molecule has 0 radical (unpaired) electrons. The Morgan fingerprint density at radius 1 is 1.07 bits per heavy atom. The van der Waals surface area contributed by atoms with Crippen LogP contribution in [0.1, 0.15) is 108 Å². The van der Waals surface area contributed by atoms with E-state index in [0.29, 0.717) is 47.9 Å². The minimum Gasteiger partial charge on any atom is -0.493 e. The number of ether oxygens (including phenoxy) is 3. The van der Waals surface area contributed by atoms with E-state index in [1.807, 2.05) is 48.9 Å². The van der Waals surface area contributed by atoms with Crippen LogP contribution in [0, 0.1) is 34.8 Å². The first-order valence-corrected chi connectivity index (χ1v) is 30.4. The topological polar surface area (TPSA) is 214 Å². The Hall–Kier alpha value is -7.09. The first kappa shape index (κ1) is 58.3. The Morgan fingerprint density at radius 2 is 1.87 bits per heavy atom. The van der Waals surface area contributed by atoms with Crippen molar-refractivity contribution in [3.63, 3.8) is 0 Å². The molecule has 5 aliphatic rings. The van der Waals surface area contributed by atoms with Crippen LogP contribution >= 0.6 is 22.9 Å². The molecule has 3 fully saturated rings. The third kappa shape index (κ3) is 9.79. The maximum atomic E-state index is 17.7. The molecule has 7 aromatic rings. The largest absolute Gasteiger partial charge is 0.493 e. The molecule has 6 atom stereocenters. The molecule has 5 aliphatic heterocycles. The van der Waals surface area contributed by atoms with Gasteiger partial charge in [-0.3, -0.25) is 14.5 Å². The SMILES string of the molecule is CCc1c2c(nc3ccc(OCC(C(=O)N4CCN(c5nc(OC[C@@]67CCCN6C[C@H](F)C7)nc6c(F)c(-c7ccc(F)c8sc(N)c(C#N)c78)c(Cl)cc56)[C@@H](C)C4)C(C)CCC(C)(C)NC)cc13)-c1cc3c(c(=O)n1C2)COC(=O)[C@]3(O)CC. The van der Waals surface area contributed by atoms with Crippen LogP contribution in [0.2, 0.25) is 5.02 Å². The first-order chi connectivity index (χ1) is 40.6. The van der Waals surface area contributed by atoms with Crippen molar-refractivity contribution in [3.05, 3.63) is 97.3 Å². The van der Waals surface area contributed by atoms with Crippen molar-refractivity contribution >= 4 is 77.5 Å². The number of thiophene rings is 1. The summed E-state index contributed by atoms with van der Waals surface area (Å²) in [5.74, 6) is -2.16.